The molecule has 0 saturated carbocycles. The Bertz CT molecular complexity index is 912. The first-order chi connectivity index (χ1) is 14.0. The van der Waals surface area contributed by atoms with E-state index in [1.165, 1.54) is 7.11 Å². The third-order valence-corrected chi connectivity index (χ3v) is 7.31. The van der Waals surface area contributed by atoms with E-state index in [0.717, 1.165) is 31.6 Å². The SMILES string of the molecule is COC(=O)C1=CO[C@@H](C)[C@H]2CN3CC[C@]4(Nc5ccc(OC)cc5C4=O)[C@@H]3C[C@@H]12. The zero-order chi connectivity index (χ0) is 20.3. The van der Waals surface area contributed by atoms with Crippen molar-refractivity contribution >= 4 is 17.4 Å². The van der Waals surface area contributed by atoms with Crippen molar-refractivity contribution in [1.29, 1.82) is 0 Å². The molecule has 7 heteroatoms. The first kappa shape index (κ1) is 18.5. The standard InChI is InChI=1S/C22H26N2O5/c1-12-16-10-24-7-6-22(19(24)9-14(16)17(11-29-12)21(26)28-3)20(25)15-8-13(27-2)4-5-18(15)23-22/h4-5,8,11-12,14,16,19,23H,6-7,9-10H2,1-3H3/t12-,14+,16+,19-,22-/m0/s1. The summed E-state index contributed by atoms with van der Waals surface area (Å²) in [5.41, 5.74) is 1.49. The van der Waals surface area contributed by atoms with Crippen molar-refractivity contribution in [3.05, 3.63) is 35.6 Å². The predicted octanol–water partition coefficient (Wildman–Crippen LogP) is 2.23. The number of carbonyl (C=O) groups is 2. The number of anilines is 1. The minimum Gasteiger partial charge on any atom is -0.497 e. The molecule has 5 atom stereocenters. The van der Waals surface area contributed by atoms with Gasteiger partial charge in [-0.25, -0.2) is 4.79 Å². The number of hydrogen-bond donors (Lipinski definition) is 1. The number of esters is 1. The molecule has 4 aliphatic heterocycles. The summed E-state index contributed by atoms with van der Waals surface area (Å²) in [7, 11) is 3.00. The smallest absolute Gasteiger partial charge is 0.337 e. The number of benzene rings is 1. The summed E-state index contributed by atoms with van der Waals surface area (Å²) in [6.45, 7) is 3.71. The molecule has 0 aromatic heterocycles. The van der Waals surface area contributed by atoms with Crippen molar-refractivity contribution in [2.75, 3.05) is 32.6 Å². The number of carbonyl (C=O) groups excluding carboxylic acids is 2. The molecule has 1 aromatic rings. The van der Waals surface area contributed by atoms with Gasteiger partial charge in [0.25, 0.3) is 0 Å². The fourth-order valence-corrected chi connectivity index (χ4v) is 5.75. The fraction of sp³-hybridized carbons (Fsp3) is 0.545. The minimum atomic E-state index is -0.650. The Labute approximate surface area is 170 Å². The lowest BCUT2D eigenvalue weighted by Crippen LogP contribution is -2.59. The highest BCUT2D eigenvalue weighted by molar-refractivity contribution is 6.14. The molecule has 7 nitrogen and oxygen atoms in total. The van der Waals surface area contributed by atoms with Crippen LogP contribution in [0, 0.1) is 11.8 Å². The van der Waals surface area contributed by atoms with E-state index in [-0.39, 0.29) is 35.7 Å². The van der Waals surface area contributed by atoms with E-state index < -0.39 is 5.54 Å². The van der Waals surface area contributed by atoms with Crippen LogP contribution in [0.5, 0.6) is 5.75 Å². The molecule has 1 spiro atoms. The molecule has 0 aliphatic carbocycles. The van der Waals surface area contributed by atoms with Crippen LogP contribution in [0.1, 0.15) is 30.1 Å². The van der Waals surface area contributed by atoms with Crippen molar-refractivity contribution in [3.63, 3.8) is 0 Å². The lowest BCUT2D eigenvalue weighted by molar-refractivity contribution is -0.139. The maximum Gasteiger partial charge on any atom is 0.337 e. The lowest BCUT2D eigenvalue weighted by atomic mass is 9.70. The molecule has 1 N–H and O–H groups in total. The number of fused-ring (bicyclic) bond motifs is 4. The minimum absolute atomic E-state index is 0.0213. The summed E-state index contributed by atoms with van der Waals surface area (Å²) in [6.07, 6.45) is 3.07. The van der Waals surface area contributed by atoms with Crippen LogP contribution in [0.15, 0.2) is 30.0 Å². The van der Waals surface area contributed by atoms with Crippen LogP contribution < -0.4 is 10.1 Å². The topological polar surface area (TPSA) is 77.1 Å². The number of rotatable bonds is 2. The molecule has 0 amide bonds. The summed E-state index contributed by atoms with van der Waals surface area (Å²) >= 11 is 0. The van der Waals surface area contributed by atoms with Gasteiger partial charge in [0.05, 0.1) is 32.2 Å². The summed E-state index contributed by atoms with van der Waals surface area (Å²) in [4.78, 5) is 28.3. The van der Waals surface area contributed by atoms with Crippen molar-refractivity contribution in [2.45, 2.75) is 37.5 Å². The van der Waals surface area contributed by atoms with Crippen molar-refractivity contribution in [1.82, 2.24) is 4.90 Å². The summed E-state index contributed by atoms with van der Waals surface area (Å²) in [5.74, 6) is 0.700. The molecule has 2 saturated heterocycles. The average Bonchev–Trinajstić information content (AvgIpc) is 3.24. The lowest BCUT2D eigenvalue weighted by Gasteiger charge is -2.48. The van der Waals surface area contributed by atoms with Crippen LogP contribution in [0.25, 0.3) is 0 Å². The van der Waals surface area contributed by atoms with Crippen LogP contribution in [0.3, 0.4) is 0 Å². The van der Waals surface area contributed by atoms with E-state index in [1.807, 2.05) is 18.2 Å². The number of piperidine rings is 1. The Morgan fingerprint density at radius 1 is 1.34 bits per heavy atom. The summed E-state index contributed by atoms with van der Waals surface area (Å²) in [6, 6.07) is 5.64. The van der Waals surface area contributed by atoms with E-state index >= 15 is 0 Å². The van der Waals surface area contributed by atoms with Gasteiger partial charge >= 0.3 is 5.97 Å². The number of Topliss-reactive ketones (excluding diaryl/α,β-unsaturated/α-hetero) is 1. The fourth-order valence-electron chi connectivity index (χ4n) is 5.75. The van der Waals surface area contributed by atoms with Crippen LogP contribution in [-0.2, 0) is 14.3 Å². The molecule has 0 bridgehead atoms. The van der Waals surface area contributed by atoms with E-state index in [0.29, 0.717) is 16.9 Å². The van der Waals surface area contributed by atoms with Crippen LogP contribution >= 0.6 is 0 Å². The van der Waals surface area contributed by atoms with Crippen LogP contribution in [0.4, 0.5) is 5.69 Å². The zero-order valence-electron chi connectivity index (χ0n) is 16.9. The van der Waals surface area contributed by atoms with Gasteiger partial charge in [-0.1, -0.05) is 0 Å². The van der Waals surface area contributed by atoms with Gasteiger partial charge < -0.3 is 19.5 Å². The average molecular weight is 398 g/mol. The third kappa shape index (κ3) is 2.53. The Balaban J connectivity index is 1.49. The molecule has 2 fully saturated rings. The van der Waals surface area contributed by atoms with Gasteiger partial charge in [0.1, 0.15) is 11.3 Å². The van der Waals surface area contributed by atoms with Gasteiger partial charge in [-0.3, -0.25) is 9.69 Å². The number of ether oxygens (including phenoxy) is 3. The second kappa shape index (κ2) is 6.49. The van der Waals surface area contributed by atoms with Gasteiger partial charge in [-0.2, -0.15) is 0 Å². The maximum absolute atomic E-state index is 13.6. The monoisotopic (exact) mass is 398 g/mol. The zero-order valence-corrected chi connectivity index (χ0v) is 16.9. The largest absolute Gasteiger partial charge is 0.497 e. The number of nitrogens with zero attached hydrogens (tertiary/aromatic N) is 1. The predicted molar refractivity (Wildman–Crippen MR) is 106 cm³/mol. The van der Waals surface area contributed by atoms with Gasteiger partial charge in [0.15, 0.2) is 5.78 Å². The molecule has 1 aromatic carbocycles. The second-order valence-corrected chi connectivity index (χ2v) is 8.51. The highest BCUT2D eigenvalue weighted by Crippen LogP contribution is 2.50. The van der Waals surface area contributed by atoms with Gasteiger partial charge in [-0.15, -0.1) is 0 Å². The van der Waals surface area contributed by atoms with Gasteiger partial charge in [0, 0.05) is 42.2 Å². The molecular weight excluding hydrogens is 372 g/mol. The Morgan fingerprint density at radius 2 is 2.17 bits per heavy atom. The van der Waals surface area contributed by atoms with Gasteiger partial charge in [0.2, 0.25) is 0 Å². The molecule has 0 radical (unpaired) electrons. The van der Waals surface area contributed by atoms with Crippen molar-refractivity contribution in [2.24, 2.45) is 11.8 Å². The summed E-state index contributed by atoms with van der Waals surface area (Å²) < 4.78 is 16.1. The number of nitrogens with one attached hydrogen (secondary N) is 1. The molecule has 154 valence electrons. The number of ketones is 1. The van der Waals surface area contributed by atoms with E-state index in [1.54, 1.807) is 13.4 Å². The first-order valence-corrected chi connectivity index (χ1v) is 10.2. The maximum atomic E-state index is 13.6. The molecule has 4 heterocycles. The first-order valence-electron chi connectivity index (χ1n) is 10.2. The molecule has 5 rings (SSSR count). The van der Waals surface area contributed by atoms with Gasteiger partial charge in [-0.05, 0) is 38.0 Å². The highest BCUT2D eigenvalue weighted by Gasteiger charge is 2.60. The summed E-state index contributed by atoms with van der Waals surface area (Å²) in [5, 5.41) is 3.56. The van der Waals surface area contributed by atoms with E-state index in [9.17, 15) is 9.59 Å². The van der Waals surface area contributed by atoms with Crippen molar-refractivity contribution in [3.8, 4) is 5.75 Å². The highest BCUT2D eigenvalue weighted by atomic mass is 16.5. The third-order valence-electron chi connectivity index (χ3n) is 7.31. The van der Waals surface area contributed by atoms with Crippen molar-refractivity contribution < 1.29 is 23.8 Å². The molecular formula is C22H26N2O5. The second-order valence-electron chi connectivity index (χ2n) is 8.51. The quantitative estimate of drug-likeness (QED) is 0.766. The Hall–Kier alpha value is -2.54. The van der Waals surface area contributed by atoms with Crippen LogP contribution in [0.2, 0.25) is 0 Å². The molecule has 4 aliphatic rings. The molecule has 0 unspecified atom stereocenters. The van der Waals surface area contributed by atoms with E-state index in [4.69, 9.17) is 14.2 Å². The Morgan fingerprint density at radius 3 is 2.93 bits per heavy atom. The molecule has 29 heavy (non-hydrogen) atoms. The number of methoxy groups -OCH3 is 2. The van der Waals surface area contributed by atoms with Crippen LogP contribution in [-0.4, -0.2) is 61.6 Å². The number of hydrogen-bond acceptors (Lipinski definition) is 7. The normalized spacial score (nSPS) is 35.1. The Kier molecular flexibility index (Phi) is 4.13. The van der Waals surface area contributed by atoms with E-state index in [2.05, 4.69) is 17.1 Å².